The number of nitrogens with zero attached hydrogens (tertiary/aromatic N) is 3. The molecule has 1 saturated carbocycles. The van der Waals surface area contributed by atoms with Crippen LogP contribution in [0.5, 0.6) is 0 Å². The van der Waals surface area contributed by atoms with Gasteiger partial charge < -0.3 is 18.9 Å². The van der Waals surface area contributed by atoms with Crippen molar-refractivity contribution in [2.45, 2.75) is 77.0 Å². The van der Waals surface area contributed by atoms with Gasteiger partial charge in [0.15, 0.2) is 0 Å². The molecular formula is C49H52Cl2N3O6S2-. The molecule has 0 aromatic heterocycles. The zero-order valence-electron chi connectivity index (χ0n) is 35.5. The first kappa shape index (κ1) is 45.5. The van der Waals surface area contributed by atoms with E-state index in [2.05, 4.69) is 90.6 Å². The number of benzene rings is 4. The highest BCUT2D eigenvalue weighted by atomic mass is 35.5. The summed E-state index contributed by atoms with van der Waals surface area (Å²) in [6, 6.07) is 32.4. The maximum absolute atomic E-state index is 11.5. The Hall–Kier alpha value is -4.49. The van der Waals surface area contributed by atoms with Crippen molar-refractivity contribution in [2.75, 3.05) is 34.4 Å². The summed E-state index contributed by atoms with van der Waals surface area (Å²) in [5.74, 6) is -0.806. The van der Waals surface area contributed by atoms with Crippen LogP contribution in [0, 0.1) is 0 Å². The molecule has 0 amide bonds. The quantitative estimate of drug-likeness (QED) is 0.0696. The van der Waals surface area contributed by atoms with Crippen LogP contribution in [0.15, 0.2) is 144 Å². The molecule has 1 fully saturated rings. The molecule has 62 heavy (non-hydrogen) atoms. The van der Waals surface area contributed by atoms with Crippen LogP contribution in [0.2, 0.25) is 10.0 Å². The summed E-state index contributed by atoms with van der Waals surface area (Å²) in [5.41, 5.74) is 10.7. The first-order valence-corrected chi connectivity index (χ1v) is 24.9. The Kier molecular flexibility index (Phi) is 13.4. The number of hydrogen-bond donors (Lipinski definition) is 0. The topological polar surface area (TPSA) is 124 Å². The van der Waals surface area contributed by atoms with Crippen LogP contribution in [-0.4, -0.2) is 56.2 Å². The van der Waals surface area contributed by atoms with Gasteiger partial charge in [-0.2, -0.15) is 4.58 Å². The molecule has 0 unspecified atom stereocenters. The summed E-state index contributed by atoms with van der Waals surface area (Å²) < 4.78 is 71.1. The van der Waals surface area contributed by atoms with E-state index >= 15 is 0 Å². The third kappa shape index (κ3) is 9.99. The molecule has 0 atom stereocenters. The lowest BCUT2D eigenvalue weighted by Crippen LogP contribution is -2.27. The maximum Gasteiger partial charge on any atom is 0.218 e. The Balaban J connectivity index is 1.37. The molecule has 326 valence electrons. The van der Waals surface area contributed by atoms with Gasteiger partial charge in [-0.05, 0) is 98.2 Å². The lowest BCUT2D eigenvalue weighted by atomic mass is 9.83. The van der Waals surface area contributed by atoms with Gasteiger partial charge in [0, 0.05) is 104 Å². The minimum atomic E-state index is -4.32. The monoisotopic (exact) mass is 912 g/mol. The van der Waals surface area contributed by atoms with Crippen LogP contribution in [-0.2, 0) is 31.1 Å². The minimum Gasteiger partial charge on any atom is -0.748 e. The molecule has 7 rings (SSSR count). The predicted octanol–water partition coefficient (Wildman–Crippen LogP) is 10.9. The van der Waals surface area contributed by atoms with E-state index < -0.39 is 42.6 Å². The molecule has 1 aliphatic carbocycles. The summed E-state index contributed by atoms with van der Waals surface area (Å²) in [6.07, 6.45) is 11.9. The van der Waals surface area contributed by atoms with Crippen LogP contribution in [0.4, 0.5) is 22.7 Å². The molecule has 2 aliphatic heterocycles. The Labute approximate surface area is 376 Å². The standard InChI is InChI=1S/C49H53Cl2N3O6S2/c1-48(2)41-33-37(50)23-25-43(41)52(29-11-13-31-61(55,56)57)45(48)27-21-35-19-20-36(47(35)54(39-15-7-5-8-16-39)40-17-9-6-10-18-40)22-28-46-49(3,4)42-34-38(51)24-26-44(42)53(46)30-12-14-32-62(58,59)60/h5-10,15-18,21-28,33-34H,11-14,19-20,29-32H2,1-4H3,(H-,55,56,57,58,59,60)/p-1. The summed E-state index contributed by atoms with van der Waals surface area (Å²) in [7, 11) is -8.64. The van der Waals surface area contributed by atoms with Gasteiger partial charge in [0.05, 0.1) is 20.2 Å². The molecule has 0 N–H and O–H groups in total. The number of fused-ring (bicyclic) bond motifs is 2. The molecular weight excluding hydrogens is 862 g/mol. The number of anilines is 2. The molecule has 4 aromatic carbocycles. The fraction of sp³-hybridized carbons (Fsp3) is 0.327. The highest BCUT2D eigenvalue weighted by molar-refractivity contribution is 7.85. The lowest BCUT2D eigenvalue weighted by molar-refractivity contribution is 0.458. The van der Waals surface area contributed by atoms with Gasteiger partial charge >= 0.3 is 0 Å². The second-order valence-corrected chi connectivity index (χ2v) is 21.1. The summed E-state index contributed by atoms with van der Waals surface area (Å²) >= 11 is 13.1. The summed E-state index contributed by atoms with van der Waals surface area (Å²) in [4.78, 5) is 4.46. The largest absolute Gasteiger partial charge is 0.748 e. The van der Waals surface area contributed by atoms with Crippen molar-refractivity contribution in [1.82, 2.24) is 4.58 Å². The molecule has 2 heterocycles. The minimum absolute atomic E-state index is 0.263. The second kappa shape index (κ2) is 18.3. The van der Waals surface area contributed by atoms with E-state index in [0.717, 1.165) is 75.0 Å². The smallest absolute Gasteiger partial charge is 0.218 e. The number of unbranched alkanes of at least 4 members (excludes halogenated alkanes) is 2. The highest BCUT2D eigenvalue weighted by Gasteiger charge is 2.42. The first-order valence-electron chi connectivity index (χ1n) is 21.0. The molecule has 0 spiro atoms. The van der Waals surface area contributed by atoms with Crippen molar-refractivity contribution in [3.8, 4) is 0 Å². The fourth-order valence-corrected chi connectivity index (χ4v) is 10.6. The summed E-state index contributed by atoms with van der Waals surface area (Å²) in [6.45, 7) is 9.75. The van der Waals surface area contributed by atoms with E-state index in [9.17, 15) is 25.9 Å². The summed E-state index contributed by atoms with van der Waals surface area (Å²) in [5, 5.41) is 1.27. The molecule has 4 aromatic rings. The Bertz CT molecular complexity index is 2540. The van der Waals surface area contributed by atoms with Gasteiger partial charge in [-0.25, -0.2) is 16.8 Å². The average Bonchev–Trinajstić information content (AvgIpc) is 3.77. The van der Waals surface area contributed by atoms with Gasteiger partial charge in [0.1, 0.15) is 0 Å². The van der Waals surface area contributed by atoms with Gasteiger partial charge in [0.25, 0.3) is 0 Å². The van der Waals surface area contributed by atoms with Crippen molar-refractivity contribution in [3.63, 3.8) is 0 Å². The molecule has 3 aliphatic rings. The van der Waals surface area contributed by atoms with Crippen LogP contribution in [0.3, 0.4) is 0 Å². The third-order valence-corrected chi connectivity index (χ3v) is 14.2. The predicted molar refractivity (Wildman–Crippen MR) is 252 cm³/mol. The fourth-order valence-electron chi connectivity index (χ4n) is 9.12. The van der Waals surface area contributed by atoms with Crippen molar-refractivity contribution < 1.29 is 25.9 Å². The van der Waals surface area contributed by atoms with E-state index in [1.807, 2.05) is 72.8 Å². The highest BCUT2D eigenvalue weighted by Crippen LogP contribution is 2.50. The third-order valence-electron chi connectivity index (χ3n) is 12.2. The number of allylic oxidation sites excluding steroid dienone is 8. The van der Waals surface area contributed by atoms with Crippen molar-refractivity contribution in [3.05, 3.63) is 165 Å². The van der Waals surface area contributed by atoms with E-state index in [4.69, 9.17) is 23.2 Å². The lowest BCUT2D eigenvalue weighted by Gasteiger charge is -2.27. The Morgan fingerprint density at radius 1 is 0.581 bits per heavy atom. The van der Waals surface area contributed by atoms with Crippen molar-refractivity contribution in [1.29, 1.82) is 0 Å². The van der Waals surface area contributed by atoms with Gasteiger partial charge in [-0.1, -0.05) is 99.4 Å². The van der Waals surface area contributed by atoms with E-state index in [-0.39, 0.29) is 12.8 Å². The zero-order chi connectivity index (χ0) is 44.5. The maximum atomic E-state index is 11.5. The number of para-hydroxylation sites is 2. The molecule has 0 radical (unpaired) electrons. The molecule has 13 heteroatoms. The SMILES string of the molecule is CC1(C)/C(=C\C=C2/CC/C(=C\C=C3\N(CCCCS(=O)(=O)[O-])c4ccc(Cl)cc4C3(C)C)C2=[N+](c2ccccc2)c2ccccc2)N(CCCCS(=O)(=O)[O-])c2ccc(Cl)cc21. The average molecular weight is 914 g/mol. The van der Waals surface area contributed by atoms with Gasteiger partial charge in [-0.3, -0.25) is 0 Å². The zero-order valence-corrected chi connectivity index (χ0v) is 38.6. The second-order valence-electron chi connectivity index (χ2n) is 17.2. The molecule has 0 bridgehead atoms. The normalized spacial score (nSPS) is 19.6. The Morgan fingerprint density at radius 3 is 1.34 bits per heavy atom. The number of hydrogen-bond acceptors (Lipinski definition) is 8. The molecule has 9 nitrogen and oxygen atoms in total. The number of rotatable bonds is 14. The van der Waals surface area contributed by atoms with E-state index in [1.165, 1.54) is 0 Å². The van der Waals surface area contributed by atoms with Crippen LogP contribution < -0.4 is 14.4 Å². The van der Waals surface area contributed by atoms with Crippen molar-refractivity contribution in [2.24, 2.45) is 0 Å². The first-order chi connectivity index (χ1) is 29.3. The van der Waals surface area contributed by atoms with Crippen LogP contribution in [0.25, 0.3) is 0 Å². The van der Waals surface area contributed by atoms with Gasteiger partial charge in [-0.15, -0.1) is 0 Å². The van der Waals surface area contributed by atoms with Crippen molar-refractivity contribution >= 4 is 71.9 Å². The van der Waals surface area contributed by atoms with Gasteiger partial charge in [0.2, 0.25) is 17.1 Å². The van der Waals surface area contributed by atoms with Crippen LogP contribution in [0.1, 0.15) is 77.3 Å². The molecule has 0 saturated heterocycles. The van der Waals surface area contributed by atoms with Crippen LogP contribution >= 0.6 is 23.2 Å². The van der Waals surface area contributed by atoms with E-state index in [1.54, 1.807) is 0 Å². The Morgan fingerprint density at radius 2 is 0.968 bits per heavy atom. The van der Waals surface area contributed by atoms with E-state index in [0.29, 0.717) is 36.0 Å². The number of halogens is 2.